The maximum atomic E-state index is 13.0. The molecule has 0 aliphatic rings. The van der Waals surface area contributed by atoms with Gasteiger partial charge in [-0.3, -0.25) is 19.2 Å². The Balaban J connectivity index is 3.58. The highest BCUT2D eigenvalue weighted by molar-refractivity contribution is 7.99. The summed E-state index contributed by atoms with van der Waals surface area (Å²) in [5.41, 5.74) is -0.304. The lowest BCUT2D eigenvalue weighted by Gasteiger charge is -2.19. The van der Waals surface area contributed by atoms with Crippen LogP contribution in [-0.2, 0) is 19.2 Å². The number of carboxylic acids is 4. The number of carboxylic acid groups (broad SMARTS) is 4. The van der Waals surface area contributed by atoms with Crippen LogP contribution in [0, 0.1) is 22.7 Å². The molecule has 1 aromatic rings. The van der Waals surface area contributed by atoms with Crippen molar-refractivity contribution in [1.82, 2.24) is 10.6 Å². The zero-order valence-electron chi connectivity index (χ0n) is 19.5. The summed E-state index contributed by atoms with van der Waals surface area (Å²) in [5.74, 6) is -7.83. The second-order valence-corrected chi connectivity index (χ2v) is 9.56. The number of nitrogens with one attached hydrogen (secondary N) is 2. The maximum Gasteiger partial charge on any atom is 0.326 e. The van der Waals surface area contributed by atoms with E-state index in [1.165, 1.54) is 12.1 Å². The molecule has 0 fully saturated rings. The lowest BCUT2D eigenvalue weighted by Crippen LogP contribution is -2.43. The molecule has 0 unspecified atom stereocenters. The van der Waals surface area contributed by atoms with E-state index in [4.69, 9.17) is 20.7 Å². The number of rotatable bonds is 16. The number of hydrogen-bond acceptors (Lipinski definition) is 10. The molecule has 0 heterocycles. The van der Waals surface area contributed by atoms with E-state index in [1.807, 2.05) is 12.1 Å². The van der Waals surface area contributed by atoms with Gasteiger partial charge in [-0.25, -0.2) is 9.59 Å². The van der Waals surface area contributed by atoms with Crippen LogP contribution in [0.15, 0.2) is 21.9 Å². The molecule has 14 nitrogen and oxygen atoms in total. The van der Waals surface area contributed by atoms with Crippen LogP contribution in [0.2, 0.25) is 0 Å². The number of thioether (sulfide) groups is 2. The molecule has 0 spiro atoms. The van der Waals surface area contributed by atoms with Gasteiger partial charge in [0.2, 0.25) is 0 Å². The molecular weight excluding hydrogens is 544 g/mol. The predicted molar refractivity (Wildman–Crippen MR) is 131 cm³/mol. The molecule has 0 aliphatic heterocycles. The summed E-state index contributed by atoms with van der Waals surface area (Å²) in [6, 6.07) is 2.64. The number of aliphatic carboxylic acids is 4. The molecule has 16 heteroatoms. The minimum atomic E-state index is -1.78. The fourth-order valence-electron chi connectivity index (χ4n) is 2.79. The van der Waals surface area contributed by atoms with E-state index in [9.17, 15) is 39.0 Å². The van der Waals surface area contributed by atoms with Gasteiger partial charge in [0.15, 0.2) is 0 Å². The first-order chi connectivity index (χ1) is 17.9. The molecule has 2 atom stereocenters. The molecule has 6 N–H and O–H groups in total. The van der Waals surface area contributed by atoms with Gasteiger partial charge in [0.25, 0.3) is 11.8 Å². The average Bonchev–Trinajstić information content (AvgIpc) is 2.82. The highest BCUT2D eigenvalue weighted by Gasteiger charge is 2.28. The van der Waals surface area contributed by atoms with Crippen molar-refractivity contribution in [3.05, 3.63) is 23.3 Å². The third kappa shape index (κ3) is 10.4. The number of nitriles is 2. The first-order valence-electron chi connectivity index (χ1n) is 10.6. The lowest BCUT2D eigenvalue weighted by molar-refractivity contribution is -0.145. The minimum Gasteiger partial charge on any atom is -0.481 e. The topological polar surface area (TPSA) is 255 Å². The van der Waals surface area contributed by atoms with E-state index in [1.54, 1.807) is 0 Å². The van der Waals surface area contributed by atoms with Crippen LogP contribution in [-0.4, -0.2) is 79.7 Å². The van der Waals surface area contributed by atoms with Gasteiger partial charge >= 0.3 is 23.9 Å². The zero-order chi connectivity index (χ0) is 28.8. The van der Waals surface area contributed by atoms with Crippen molar-refractivity contribution in [3.8, 4) is 12.1 Å². The monoisotopic (exact) mass is 566 g/mol. The Labute approximate surface area is 224 Å². The molecule has 0 radical (unpaired) electrons. The quantitative estimate of drug-likeness (QED) is 0.121. The lowest BCUT2D eigenvalue weighted by atomic mass is 10.1. The van der Waals surface area contributed by atoms with E-state index in [0.29, 0.717) is 0 Å². The Morgan fingerprint density at radius 1 is 0.711 bits per heavy atom. The van der Waals surface area contributed by atoms with Crippen molar-refractivity contribution in [2.24, 2.45) is 0 Å². The number of carbonyl (C=O) groups excluding carboxylic acids is 2. The van der Waals surface area contributed by atoms with Gasteiger partial charge in [0, 0.05) is 34.1 Å². The standard InChI is InChI=1S/C22H22N4O10S2/c23-3-1-5-37-15-7-12(20(32)26-14(22(35)36)10-18(29)30)16(38-6-2-4-24)8-11(15)19(31)25-13(21(33)34)9-17(27)28/h7-8,13-14H,1-2,5-6,9-10H2,(H,25,31)(H,26,32)(H,27,28)(H,29,30)(H,33,34)(H,35,36)/t13-,14-/m0/s1. The van der Waals surface area contributed by atoms with E-state index < -0.39 is 60.6 Å². The van der Waals surface area contributed by atoms with Crippen molar-refractivity contribution in [2.45, 2.75) is 47.6 Å². The maximum absolute atomic E-state index is 13.0. The smallest absolute Gasteiger partial charge is 0.326 e. The number of nitrogens with zero attached hydrogens (tertiary/aromatic N) is 2. The molecule has 0 aromatic heterocycles. The van der Waals surface area contributed by atoms with Gasteiger partial charge in [-0.15, -0.1) is 23.5 Å². The molecule has 0 saturated heterocycles. The summed E-state index contributed by atoms with van der Waals surface area (Å²) in [6.07, 6.45) is -1.77. The molecule has 0 aliphatic carbocycles. The molecule has 202 valence electrons. The van der Waals surface area contributed by atoms with Crippen molar-refractivity contribution in [3.63, 3.8) is 0 Å². The molecular formula is C22H22N4O10S2. The van der Waals surface area contributed by atoms with Gasteiger partial charge in [-0.1, -0.05) is 0 Å². The molecule has 1 rings (SSSR count). The van der Waals surface area contributed by atoms with Crippen LogP contribution in [0.1, 0.15) is 46.4 Å². The number of hydrogen-bond donors (Lipinski definition) is 6. The van der Waals surface area contributed by atoms with Crippen molar-refractivity contribution in [2.75, 3.05) is 11.5 Å². The first kappa shape index (κ1) is 31.7. The number of carbonyl (C=O) groups is 6. The van der Waals surface area contributed by atoms with Gasteiger partial charge in [0.05, 0.1) is 36.1 Å². The average molecular weight is 567 g/mol. The highest BCUT2D eigenvalue weighted by Crippen LogP contribution is 2.33. The van der Waals surface area contributed by atoms with Gasteiger partial charge in [-0.2, -0.15) is 10.5 Å². The molecule has 0 bridgehead atoms. The second-order valence-electron chi connectivity index (χ2n) is 7.28. The number of benzene rings is 1. The van der Waals surface area contributed by atoms with E-state index >= 15 is 0 Å². The molecule has 1 aromatic carbocycles. The fourth-order valence-corrected chi connectivity index (χ4v) is 4.63. The first-order valence-corrected chi connectivity index (χ1v) is 12.6. The van der Waals surface area contributed by atoms with Crippen molar-refractivity contribution >= 4 is 59.2 Å². The summed E-state index contributed by atoms with van der Waals surface area (Å²) in [7, 11) is 0. The summed E-state index contributed by atoms with van der Waals surface area (Å²) in [6.45, 7) is 0. The van der Waals surface area contributed by atoms with Crippen molar-refractivity contribution in [1.29, 1.82) is 10.5 Å². The Morgan fingerprint density at radius 3 is 1.32 bits per heavy atom. The Bertz CT molecular complexity index is 1100. The Hall–Kier alpha value is -4.28. The van der Waals surface area contributed by atoms with Crippen LogP contribution >= 0.6 is 23.5 Å². The SMILES string of the molecule is N#CCCSc1cc(C(=O)N[C@@H](CC(=O)O)C(=O)O)c(SCCC#N)cc1C(=O)N[C@@H](CC(=O)O)C(=O)O. The summed E-state index contributed by atoms with van der Waals surface area (Å²) in [4.78, 5) is 71.0. The molecule has 38 heavy (non-hydrogen) atoms. The van der Waals surface area contributed by atoms with Crippen LogP contribution in [0.25, 0.3) is 0 Å². The third-order valence-electron chi connectivity index (χ3n) is 4.48. The molecule has 0 saturated carbocycles. The van der Waals surface area contributed by atoms with Crippen LogP contribution in [0.4, 0.5) is 0 Å². The second kappa shape index (κ2) is 15.7. The summed E-state index contributed by atoms with van der Waals surface area (Å²) >= 11 is 1.91. The number of amides is 2. The Morgan fingerprint density at radius 2 is 1.05 bits per heavy atom. The van der Waals surface area contributed by atoms with E-state index in [0.717, 1.165) is 23.5 Å². The fraction of sp³-hybridized carbons (Fsp3) is 0.364. The van der Waals surface area contributed by atoms with E-state index in [2.05, 4.69) is 10.6 Å². The van der Waals surface area contributed by atoms with Crippen LogP contribution in [0.3, 0.4) is 0 Å². The molecule has 2 amide bonds. The largest absolute Gasteiger partial charge is 0.481 e. The highest BCUT2D eigenvalue weighted by atomic mass is 32.2. The Kier molecular flexibility index (Phi) is 13.2. The predicted octanol–water partition coefficient (Wildman–Crippen LogP) is 1.01. The van der Waals surface area contributed by atoms with Gasteiger partial charge in [-0.05, 0) is 12.1 Å². The minimum absolute atomic E-state index is 0.0302. The van der Waals surface area contributed by atoms with E-state index in [-0.39, 0.29) is 45.3 Å². The van der Waals surface area contributed by atoms with Crippen LogP contribution in [0.5, 0.6) is 0 Å². The van der Waals surface area contributed by atoms with Gasteiger partial charge in [0.1, 0.15) is 12.1 Å². The third-order valence-corrected chi connectivity index (χ3v) is 6.59. The zero-order valence-corrected chi connectivity index (χ0v) is 21.1. The van der Waals surface area contributed by atoms with Gasteiger partial charge < -0.3 is 31.1 Å². The van der Waals surface area contributed by atoms with Crippen LogP contribution < -0.4 is 10.6 Å². The summed E-state index contributed by atoms with van der Waals surface area (Å²) in [5, 5.41) is 58.3. The summed E-state index contributed by atoms with van der Waals surface area (Å²) < 4.78 is 0. The normalized spacial score (nSPS) is 11.7. The van der Waals surface area contributed by atoms with Crippen molar-refractivity contribution < 1.29 is 49.2 Å².